The fourth-order valence-corrected chi connectivity index (χ4v) is 4.88. The third-order valence-electron chi connectivity index (χ3n) is 6.14. The Labute approximate surface area is 164 Å². The van der Waals surface area contributed by atoms with Crippen molar-refractivity contribution in [2.45, 2.75) is 38.1 Å². The molecule has 3 atom stereocenters. The number of piperidine rings is 1. The first-order valence-electron chi connectivity index (χ1n) is 9.17. The van der Waals surface area contributed by atoms with E-state index in [2.05, 4.69) is 48.3 Å². The summed E-state index contributed by atoms with van der Waals surface area (Å²) >= 11 is 0. The van der Waals surface area contributed by atoms with E-state index >= 15 is 0 Å². The van der Waals surface area contributed by atoms with E-state index in [-0.39, 0.29) is 11.4 Å². The first-order chi connectivity index (χ1) is 13.1. The maximum Gasteiger partial charge on any atom is 0.394 e. The van der Waals surface area contributed by atoms with Crippen LogP contribution in [0.2, 0.25) is 0 Å². The summed E-state index contributed by atoms with van der Waals surface area (Å²) in [7, 11) is -1.00. The van der Waals surface area contributed by atoms with Gasteiger partial charge in [0.1, 0.15) is 0 Å². The molecule has 154 valence electrons. The number of aromatic amines is 1. The average molecular weight is 410 g/mol. The van der Waals surface area contributed by atoms with Crippen LogP contribution in [-0.4, -0.2) is 60.1 Å². The molecule has 1 aromatic heterocycles. The van der Waals surface area contributed by atoms with Gasteiger partial charge in [-0.25, -0.2) is 0 Å². The molecule has 1 aliphatic carbocycles. The Morgan fingerprint density at radius 3 is 2.68 bits per heavy atom. The summed E-state index contributed by atoms with van der Waals surface area (Å²) in [5.74, 6) is 0.331. The van der Waals surface area contributed by atoms with Crippen molar-refractivity contribution in [2.24, 2.45) is 5.41 Å². The molecule has 3 N–H and O–H groups in total. The molecule has 0 amide bonds. The highest BCUT2D eigenvalue weighted by Crippen LogP contribution is 2.49. The Kier molecular flexibility index (Phi) is 5.55. The number of likely N-dealkylation sites (N-methyl/N-ethyl adjacent to an activating group) is 1. The summed E-state index contributed by atoms with van der Waals surface area (Å²) in [5.41, 5.74) is 3.62. The van der Waals surface area contributed by atoms with Crippen molar-refractivity contribution < 1.29 is 27.1 Å². The lowest BCUT2D eigenvalue weighted by molar-refractivity contribution is -0.158. The van der Waals surface area contributed by atoms with Crippen molar-refractivity contribution in [1.29, 1.82) is 0 Å². The van der Waals surface area contributed by atoms with Crippen molar-refractivity contribution in [3.8, 4) is 0 Å². The first kappa shape index (κ1) is 20.8. The van der Waals surface area contributed by atoms with Crippen LogP contribution in [0, 0.1) is 5.41 Å². The van der Waals surface area contributed by atoms with Crippen LogP contribution in [0.15, 0.2) is 24.4 Å². The predicted octanol–water partition coefficient (Wildman–Crippen LogP) is 2.43. The van der Waals surface area contributed by atoms with Crippen LogP contribution in [0.3, 0.4) is 0 Å². The van der Waals surface area contributed by atoms with E-state index in [4.69, 9.17) is 22.3 Å². The molecule has 2 heterocycles. The van der Waals surface area contributed by atoms with Gasteiger partial charge in [-0.3, -0.25) is 13.9 Å². The van der Waals surface area contributed by atoms with Crippen LogP contribution in [0.1, 0.15) is 36.8 Å². The number of H-pyrrole nitrogens is 1. The predicted molar refractivity (Wildman–Crippen MR) is 105 cm³/mol. The van der Waals surface area contributed by atoms with Crippen LogP contribution < -0.4 is 0 Å². The van der Waals surface area contributed by atoms with Gasteiger partial charge in [-0.2, -0.15) is 8.42 Å². The average Bonchev–Trinajstić information content (AvgIpc) is 3.05. The molecule has 1 aromatic carbocycles. The summed E-state index contributed by atoms with van der Waals surface area (Å²) < 4.78 is 36.8. The standard InChI is InChI=1S/C19H24N2O2.H2O4S/c1-4-19(18(22)23-3)9-14-13-6-5-7-15-17(13)12(10-20-15)8-16(14)21(2)11-19;1-5(2,3)4/h5-7,10,14,16,20H,4,8-9,11H2,1-3H3;(H2,1,2,3,4)/t14?,16-,19-;/m1./s1. The topological polar surface area (TPSA) is 120 Å². The van der Waals surface area contributed by atoms with Crippen LogP contribution in [0.25, 0.3) is 10.9 Å². The summed E-state index contributed by atoms with van der Waals surface area (Å²) in [4.78, 5) is 18.3. The van der Waals surface area contributed by atoms with Gasteiger partial charge in [0.15, 0.2) is 0 Å². The lowest BCUT2D eigenvalue weighted by Crippen LogP contribution is -2.55. The molecule has 8 nitrogen and oxygen atoms in total. The molecule has 0 bridgehead atoms. The fourth-order valence-electron chi connectivity index (χ4n) is 4.88. The summed E-state index contributed by atoms with van der Waals surface area (Å²) in [5, 5.41) is 1.37. The Bertz CT molecular complexity index is 977. The van der Waals surface area contributed by atoms with Gasteiger partial charge in [0.05, 0.1) is 12.5 Å². The Morgan fingerprint density at radius 1 is 1.39 bits per heavy atom. The van der Waals surface area contributed by atoms with Crippen molar-refractivity contribution in [3.63, 3.8) is 0 Å². The summed E-state index contributed by atoms with van der Waals surface area (Å²) in [6.45, 7) is 2.89. The van der Waals surface area contributed by atoms with Crippen LogP contribution in [-0.2, 0) is 26.4 Å². The Hall–Kier alpha value is -1.94. The third-order valence-corrected chi connectivity index (χ3v) is 6.14. The van der Waals surface area contributed by atoms with Gasteiger partial charge in [0.25, 0.3) is 0 Å². The normalized spacial score (nSPS) is 26.9. The molecule has 0 saturated carbocycles. The highest BCUT2D eigenvalue weighted by atomic mass is 32.3. The highest BCUT2D eigenvalue weighted by molar-refractivity contribution is 7.79. The smallest absolute Gasteiger partial charge is 0.394 e. The number of benzene rings is 1. The van der Waals surface area contributed by atoms with Gasteiger partial charge >= 0.3 is 16.4 Å². The maximum atomic E-state index is 12.5. The molecule has 2 aromatic rings. The third kappa shape index (κ3) is 3.80. The van der Waals surface area contributed by atoms with Gasteiger partial charge in [0.2, 0.25) is 0 Å². The SMILES string of the molecule is CC[C@@]1(C(=O)OC)CC2c3cccc4[nH]cc(c34)C[C@H]2N(C)C1.O=S(=O)(O)O. The van der Waals surface area contributed by atoms with Crippen LogP contribution in [0.5, 0.6) is 0 Å². The Balaban J connectivity index is 0.000000403. The molecule has 0 spiro atoms. The van der Waals surface area contributed by atoms with E-state index < -0.39 is 10.4 Å². The largest absolute Gasteiger partial charge is 0.469 e. The number of rotatable bonds is 2. The molecule has 2 aliphatic rings. The molecule has 1 fully saturated rings. The fraction of sp³-hybridized carbons (Fsp3) is 0.526. The van der Waals surface area contributed by atoms with E-state index in [0.717, 1.165) is 25.8 Å². The van der Waals surface area contributed by atoms with Crippen LogP contribution in [0.4, 0.5) is 0 Å². The highest BCUT2D eigenvalue weighted by Gasteiger charge is 2.50. The number of methoxy groups -OCH3 is 1. The molecular weight excluding hydrogens is 384 g/mol. The van der Waals surface area contributed by atoms with Crippen LogP contribution >= 0.6 is 0 Å². The number of carbonyl (C=O) groups excluding carboxylic acids is 1. The van der Waals surface area contributed by atoms with E-state index in [1.807, 2.05) is 0 Å². The number of aromatic nitrogens is 1. The number of hydrogen-bond acceptors (Lipinski definition) is 5. The summed E-state index contributed by atoms with van der Waals surface area (Å²) in [6, 6.07) is 6.98. The Morgan fingerprint density at radius 2 is 2.07 bits per heavy atom. The number of likely N-dealkylation sites (tertiary alicyclic amines) is 1. The minimum atomic E-state index is -4.67. The number of hydrogen-bond donors (Lipinski definition) is 3. The molecule has 1 aliphatic heterocycles. The number of nitrogens with one attached hydrogen (secondary N) is 1. The molecule has 1 unspecified atom stereocenters. The van der Waals surface area contributed by atoms with E-state index in [0.29, 0.717) is 12.0 Å². The van der Waals surface area contributed by atoms with Crippen molar-refractivity contribution in [1.82, 2.24) is 9.88 Å². The van der Waals surface area contributed by atoms with Gasteiger partial charge in [-0.1, -0.05) is 19.1 Å². The molecule has 0 radical (unpaired) electrons. The number of carbonyl (C=O) groups is 1. The van der Waals surface area contributed by atoms with Gasteiger partial charge < -0.3 is 14.6 Å². The van der Waals surface area contributed by atoms with Crippen molar-refractivity contribution >= 4 is 27.3 Å². The monoisotopic (exact) mass is 410 g/mol. The number of fused-ring (bicyclic) bond motifs is 2. The van der Waals surface area contributed by atoms with Crippen molar-refractivity contribution in [2.75, 3.05) is 20.7 Å². The van der Waals surface area contributed by atoms with E-state index in [1.165, 1.54) is 29.1 Å². The second-order valence-electron chi connectivity index (χ2n) is 7.65. The molecular formula is C19H26N2O6S. The van der Waals surface area contributed by atoms with Crippen molar-refractivity contribution in [3.05, 3.63) is 35.5 Å². The zero-order valence-electron chi connectivity index (χ0n) is 16.2. The van der Waals surface area contributed by atoms with E-state index in [9.17, 15) is 4.79 Å². The summed E-state index contributed by atoms with van der Waals surface area (Å²) in [6.07, 6.45) is 4.91. The number of ether oxygens (including phenoxy) is 1. The zero-order chi connectivity index (χ0) is 20.7. The molecule has 1 saturated heterocycles. The molecule has 4 rings (SSSR count). The molecule has 9 heteroatoms. The van der Waals surface area contributed by atoms with E-state index in [1.54, 1.807) is 0 Å². The minimum absolute atomic E-state index is 0.0580. The van der Waals surface area contributed by atoms with Gasteiger partial charge in [0, 0.05) is 35.6 Å². The molecule has 28 heavy (non-hydrogen) atoms. The lowest BCUT2D eigenvalue weighted by atomic mass is 9.65. The van der Waals surface area contributed by atoms with Gasteiger partial charge in [-0.15, -0.1) is 0 Å². The maximum absolute atomic E-state index is 12.5. The second kappa shape index (κ2) is 7.47. The lowest BCUT2D eigenvalue weighted by Gasteiger charge is -2.49. The quantitative estimate of drug-likeness (QED) is 0.514. The van der Waals surface area contributed by atoms with Gasteiger partial charge in [-0.05, 0) is 43.5 Å². The first-order valence-corrected chi connectivity index (χ1v) is 10.6. The number of esters is 1. The number of nitrogens with zero attached hydrogens (tertiary/aromatic N) is 1. The second-order valence-corrected chi connectivity index (χ2v) is 8.55. The minimum Gasteiger partial charge on any atom is -0.469 e. The zero-order valence-corrected chi connectivity index (χ0v) is 17.0.